The van der Waals surface area contributed by atoms with Crippen LogP contribution in [0.3, 0.4) is 0 Å². The molecule has 0 radical (unpaired) electrons. The minimum absolute atomic E-state index is 0.00225. The van der Waals surface area contributed by atoms with Gasteiger partial charge in [0.1, 0.15) is 11.6 Å². The first-order chi connectivity index (χ1) is 14.0. The second kappa shape index (κ2) is 8.07. The summed E-state index contributed by atoms with van der Waals surface area (Å²) in [5.41, 5.74) is 1.76. The lowest BCUT2D eigenvalue weighted by atomic mass is 9.86. The van der Waals surface area contributed by atoms with Crippen molar-refractivity contribution in [3.8, 4) is 11.8 Å². The van der Waals surface area contributed by atoms with Crippen molar-refractivity contribution in [2.45, 2.75) is 19.4 Å². The molecule has 1 saturated heterocycles. The zero-order valence-electron chi connectivity index (χ0n) is 15.7. The minimum atomic E-state index is -1.16. The maximum absolute atomic E-state index is 14.3. The van der Waals surface area contributed by atoms with Crippen molar-refractivity contribution >= 4 is 30.6 Å². The van der Waals surface area contributed by atoms with Gasteiger partial charge in [0, 0.05) is 35.7 Å². The van der Waals surface area contributed by atoms with Crippen LogP contribution in [0.2, 0.25) is 0 Å². The average Bonchev–Trinajstić information content (AvgIpc) is 2.71. The molecule has 1 aromatic heterocycles. The second-order valence-corrected chi connectivity index (χ2v) is 6.94. The molecule has 2 aliphatic rings. The Morgan fingerprint density at radius 3 is 3.10 bits per heavy atom. The van der Waals surface area contributed by atoms with Gasteiger partial charge in [0.2, 0.25) is 5.95 Å². The summed E-state index contributed by atoms with van der Waals surface area (Å²) in [7, 11) is -1.16. The lowest BCUT2D eigenvalue weighted by molar-refractivity contribution is 0.0698. The molecule has 4 rings (SSSR count). The molecule has 0 saturated carbocycles. The molecule has 0 unspecified atom stereocenters. The molecule has 10 heteroatoms. The zero-order valence-corrected chi connectivity index (χ0v) is 15.7. The Morgan fingerprint density at radius 1 is 1.41 bits per heavy atom. The topological polar surface area (TPSA) is 112 Å². The van der Waals surface area contributed by atoms with Gasteiger partial charge in [-0.3, -0.25) is 0 Å². The number of nitrogens with zero attached hydrogens (tertiary/aromatic N) is 3. The van der Waals surface area contributed by atoms with Gasteiger partial charge >= 0.3 is 7.12 Å². The van der Waals surface area contributed by atoms with E-state index in [0.717, 1.165) is 5.56 Å². The van der Waals surface area contributed by atoms with Crippen molar-refractivity contribution in [1.29, 1.82) is 5.26 Å². The van der Waals surface area contributed by atoms with E-state index in [-0.39, 0.29) is 23.7 Å². The Labute approximate surface area is 167 Å². The van der Waals surface area contributed by atoms with Crippen LogP contribution in [0.15, 0.2) is 24.3 Å². The molecule has 1 aromatic carbocycles. The van der Waals surface area contributed by atoms with Crippen LogP contribution in [-0.4, -0.2) is 41.4 Å². The number of hydrogen-bond acceptors (Lipinski definition) is 8. The molecule has 3 N–H and O–H groups in total. The highest BCUT2D eigenvalue weighted by Gasteiger charge is 2.26. The van der Waals surface area contributed by atoms with Gasteiger partial charge in [-0.25, -0.2) is 9.37 Å². The van der Waals surface area contributed by atoms with Crippen LogP contribution >= 0.6 is 0 Å². The fourth-order valence-corrected chi connectivity index (χ4v) is 3.27. The summed E-state index contributed by atoms with van der Waals surface area (Å²) >= 11 is 0. The van der Waals surface area contributed by atoms with E-state index in [2.05, 4.69) is 26.7 Å². The summed E-state index contributed by atoms with van der Waals surface area (Å²) in [6, 6.07) is 5.08. The van der Waals surface area contributed by atoms with Crippen LogP contribution in [0, 0.1) is 30.0 Å². The normalized spacial score (nSPS) is 20.4. The molecule has 29 heavy (non-hydrogen) atoms. The lowest BCUT2D eigenvalue weighted by Gasteiger charge is -2.28. The summed E-state index contributed by atoms with van der Waals surface area (Å²) in [6.07, 6.45) is 3.91. The Hall–Kier alpha value is -3.16. The van der Waals surface area contributed by atoms with E-state index in [1.807, 2.05) is 6.92 Å². The second-order valence-electron chi connectivity index (χ2n) is 6.94. The molecule has 0 spiro atoms. The van der Waals surface area contributed by atoms with E-state index >= 15 is 0 Å². The highest BCUT2D eigenvalue weighted by atomic mass is 19.1. The van der Waals surface area contributed by atoms with Gasteiger partial charge in [-0.05, 0) is 25.4 Å². The first-order valence-corrected chi connectivity index (χ1v) is 9.24. The quantitative estimate of drug-likeness (QED) is 0.677. The summed E-state index contributed by atoms with van der Waals surface area (Å²) in [5, 5.41) is 25.1. The highest BCUT2D eigenvalue weighted by Crippen LogP contribution is 2.32. The molecule has 0 bridgehead atoms. The highest BCUT2D eigenvalue weighted by molar-refractivity contribution is 6.51. The summed E-state index contributed by atoms with van der Waals surface area (Å²) in [4.78, 5) is 8.72. The number of aryl methyl sites for hydroxylation is 1. The SMILES string of the molecule is Cc1cnc(Nc2cc(F)c3c(c2)C=CB(O)O3)nc1N[C@H]1COCC[C@@H]1C#N. The minimum Gasteiger partial charge on any atom is -0.530 e. The first-order valence-electron chi connectivity index (χ1n) is 9.24. The molecule has 2 aliphatic heterocycles. The lowest BCUT2D eigenvalue weighted by Crippen LogP contribution is -2.38. The van der Waals surface area contributed by atoms with Gasteiger partial charge in [0.15, 0.2) is 5.82 Å². The van der Waals surface area contributed by atoms with Gasteiger partial charge in [0.05, 0.1) is 24.6 Å². The fourth-order valence-electron chi connectivity index (χ4n) is 3.27. The van der Waals surface area contributed by atoms with Crippen LogP contribution in [0.25, 0.3) is 6.08 Å². The number of anilines is 3. The van der Waals surface area contributed by atoms with E-state index in [9.17, 15) is 14.7 Å². The molecular formula is C19H19BFN5O3. The van der Waals surface area contributed by atoms with Crippen molar-refractivity contribution in [2.24, 2.45) is 5.92 Å². The monoisotopic (exact) mass is 395 g/mol. The van der Waals surface area contributed by atoms with Gasteiger partial charge < -0.3 is 25.0 Å². The maximum atomic E-state index is 14.3. The number of nitriles is 1. The van der Waals surface area contributed by atoms with Gasteiger partial charge in [0.25, 0.3) is 0 Å². The largest absolute Gasteiger partial charge is 0.552 e. The molecule has 8 nitrogen and oxygen atoms in total. The molecule has 2 aromatic rings. The van der Waals surface area contributed by atoms with Crippen molar-refractivity contribution in [2.75, 3.05) is 23.8 Å². The third kappa shape index (κ3) is 4.16. The zero-order chi connectivity index (χ0) is 20.4. The molecule has 2 atom stereocenters. The summed E-state index contributed by atoms with van der Waals surface area (Å²) in [5.74, 6) is 1.53. The first kappa shape index (κ1) is 19.2. The smallest absolute Gasteiger partial charge is 0.530 e. The molecule has 0 aliphatic carbocycles. The third-order valence-corrected chi connectivity index (χ3v) is 4.82. The number of rotatable bonds is 4. The standard InChI is InChI=1S/C19H19BFN5O3/c1-11-9-23-19(26-18(11)25-16-10-28-5-3-13(16)8-22)24-14-6-12-2-4-20(27)29-17(12)15(21)7-14/h2,4,6-7,9,13,16,27H,3,5,10H2,1H3,(H2,23,24,25,26)/t13-,16+/m1/s1. The number of benzene rings is 1. The fraction of sp³-hybridized carbons (Fsp3) is 0.316. The number of hydrogen-bond donors (Lipinski definition) is 3. The Kier molecular flexibility index (Phi) is 5.33. The third-order valence-electron chi connectivity index (χ3n) is 4.82. The van der Waals surface area contributed by atoms with Crippen molar-refractivity contribution in [3.63, 3.8) is 0 Å². The van der Waals surface area contributed by atoms with E-state index < -0.39 is 12.9 Å². The summed E-state index contributed by atoms with van der Waals surface area (Å²) < 4.78 is 24.9. The van der Waals surface area contributed by atoms with Crippen LogP contribution in [-0.2, 0) is 4.74 Å². The van der Waals surface area contributed by atoms with E-state index in [0.29, 0.717) is 36.7 Å². The number of fused-ring (bicyclic) bond motifs is 1. The van der Waals surface area contributed by atoms with Gasteiger partial charge in [-0.15, -0.1) is 0 Å². The van der Waals surface area contributed by atoms with E-state index in [1.165, 1.54) is 12.0 Å². The predicted molar refractivity (Wildman–Crippen MR) is 106 cm³/mol. The van der Waals surface area contributed by atoms with Crippen LogP contribution < -0.4 is 15.3 Å². The maximum Gasteiger partial charge on any atom is 0.552 e. The van der Waals surface area contributed by atoms with E-state index in [4.69, 9.17) is 9.39 Å². The molecule has 1 fully saturated rings. The van der Waals surface area contributed by atoms with E-state index in [1.54, 1.807) is 18.3 Å². The average molecular weight is 395 g/mol. The Bertz CT molecular complexity index is 997. The predicted octanol–water partition coefficient (Wildman–Crippen LogP) is 2.43. The Morgan fingerprint density at radius 2 is 2.28 bits per heavy atom. The molecular weight excluding hydrogens is 376 g/mol. The molecule has 3 heterocycles. The van der Waals surface area contributed by atoms with Crippen LogP contribution in [0.5, 0.6) is 5.75 Å². The van der Waals surface area contributed by atoms with Gasteiger partial charge in [-0.1, -0.05) is 6.08 Å². The number of ether oxygens (including phenoxy) is 1. The Balaban J connectivity index is 1.55. The molecule has 0 amide bonds. The van der Waals surface area contributed by atoms with Crippen molar-refractivity contribution < 1.29 is 18.8 Å². The summed E-state index contributed by atoms with van der Waals surface area (Å²) in [6.45, 7) is 2.87. The van der Waals surface area contributed by atoms with Crippen molar-refractivity contribution in [3.05, 3.63) is 41.2 Å². The number of nitrogens with one attached hydrogen (secondary N) is 2. The molecule has 148 valence electrons. The van der Waals surface area contributed by atoms with Crippen LogP contribution in [0.4, 0.5) is 21.8 Å². The number of aromatic nitrogens is 2. The number of halogens is 1. The van der Waals surface area contributed by atoms with Crippen LogP contribution in [0.1, 0.15) is 17.5 Å². The van der Waals surface area contributed by atoms with Gasteiger partial charge in [-0.2, -0.15) is 10.2 Å². The van der Waals surface area contributed by atoms with Crippen molar-refractivity contribution in [1.82, 2.24) is 9.97 Å².